The Morgan fingerprint density at radius 1 is 1.82 bits per heavy atom. The fourth-order valence-electron chi connectivity index (χ4n) is 0.592. The molecule has 1 rings (SSSR count). The summed E-state index contributed by atoms with van der Waals surface area (Å²) in [5.41, 5.74) is 0. The minimum atomic E-state index is -1.15. The molecule has 0 aliphatic carbocycles. The first-order valence-electron chi connectivity index (χ1n) is 2.96. The summed E-state index contributed by atoms with van der Waals surface area (Å²) in [7, 11) is 0. The SMILES string of the molecule is CCn1nc(C(=O)O)sc1=O. The lowest BCUT2D eigenvalue weighted by Gasteiger charge is -1.87. The number of aromatic nitrogens is 2. The van der Waals surface area contributed by atoms with E-state index in [0.717, 1.165) is 4.68 Å². The molecule has 0 aliphatic rings. The fourth-order valence-corrected chi connectivity index (χ4v) is 1.26. The summed E-state index contributed by atoms with van der Waals surface area (Å²) in [6.45, 7) is 2.13. The molecule has 0 spiro atoms. The van der Waals surface area contributed by atoms with Crippen molar-refractivity contribution in [3.63, 3.8) is 0 Å². The molecule has 5 nitrogen and oxygen atoms in total. The van der Waals surface area contributed by atoms with Crippen LogP contribution in [0.3, 0.4) is 0 Å². The van der Waals surface area contributed by atoms with Crippen LogP contribution in [0, 0.1) is 0 Å². The molecule has 60 valence electrons. The standard InChI is InChI=1S/C5H6N2O3S/c1-2-7-5(10)11-3(6-7)4(8)9/h2H2,1H3,(H,8,9). The lowest BCUT2D eigenvalue weighted by molar-refractivity contribution is 0.0694. The number of carboxylic acid groups (broad SMARTS) is 1. The summed E-state index contributed by atoms with van der Waals surface area (Å²) in [4.78, 5) is 20.8. The van der Waals surface area contributed by atoms with Gasteiger partial charge < -0.3 is 5.11 Å². The molecular weight excluding hydrogens is 168 g/mol. The highest BCUT2D eigenvalue weighted by Crippen LogP contribution is 1.97. The Balaban J connectivity index is 3.15. The molecular formula is C5H6N2O3S. The van der Waals surface area contributed by atoms with E-state index in [4.69, 9.17) is 5.11 Å². The third-order valence-corrected chi connectivity index (χ3v) is 1.92. The average Bonchev–Trinajstić information content (AvgIpc) is 2.31. The van der Waals surface area contributed by atoms with E-state index in [1.165, 1.54) is 0 Å². The summed E-state index contributed by atoms with van der Waals surface area (Å²) < 4.78 is 1.12. The number of hydrogen-bond acceptors (Lipinski definition) is 4. The number of aryl methyl sites for hydroxylation is 1. The summed E-state index contributed by atoms with van der Waals surface area (Å²) >= 11 is 0.644. The highest BCUT2D eigenvalue weighted by Gasteiger charge is 2.10. The molecule has 0 saturated heterocycles. The third kappa shape index (κ3) is 1.45. The van der Waals surface area contributed by atoms with E-state index < -0.39 is 5.97 Å². The summed E-state index contributed by atoms with van der Waals surface area (Å²) in [6, 6.07) is 0. The molecule has 0 bridgehead atoms. The summed E-state index contributed by atoms with van der Waals surface area (Å²) in [5, 5.41) is 11.8. The summed E-state index contributed by atoms with van der Waals surface area (Å²) in [6.07, 6.45) is 0. The van der Waals surface area contributed by atoms with Crippen molar-refractivity contribution in [2.75, 3.05) is 0 Å². The molecule has 6 heteroatoms. The minimum Gasteiger partial charge on any atom is -0.476 e. The lowest BCUT2D eigenvalue weighted by Crippen LogP contribution is -2.12. The Labute approximate surface area is 65.9 Å². The predicted molar refractivity (Wildman–Crippen MR) is 39.0 cm³/mol. The van der Waals surface area contributed by atoms with Gasteiger partial charge in [-0.3, -0.25) is 4.79 Å². The van der Waals surface area contributed by atoms with E-state index in [-0.39, 0.29) is 9.88 Å². The monoisotopic (exact) mass is 174 g/mol. The van der Waals surface area contributed by atoms with Crippen LogP contribution in [-0.2, 0) is 6.54 Å². The second kappa shape index (κ2) is 2.83. The van der Waals surface area contributed by atoms with Gasteiger partial charge in [-0.05, 0) is 18.3 Å². The highest BCUT2D eigenvalue weighted by atomic mass is 32.1. The van der Waals surface area contributed by atoms with Crippen LogP contribution in [0.15, 0.2) is 4.79 Å². The highest BCUT2D eigenvalue weighted by molar-refractivity contribution is 7.10. The van der Waals surface area contributed by atoms with Gasteiger partial charge in [0.25, 0.3) is 0 Å². The molecule has 1 heterocycles. The topological polar surface area (TPSA) is 72.2 Å². The molecule has 1 N–H and O–H groups in total. The molecule has 0 radical (unpaired) electrons. The molecule has 0 amide bonds. The van der Waals surface area contributed by atoms with Crippen molar-refractivity contribution in [1.29, 1.82) is 0 Å². The third-order valence-electron chi connectivity index (χ3n) is 1.09. The average molecular weight is 174 g/mol. The molecule has 0 atom stereocenters. The second-order valence-corrected chi connectivity index (χ2v) is 2.73. The number of nitrogens with zero attached hydrogens (tertiary/aromatic N) is 2. The van der Waals surface area contributed by atoms with Crippen molar-refractivity contribution in [1.82, 2.24) is 9.78 Å². The van der Waals surface area contributed by atoms with Gasteiger partial charge in [0, 0.05) is 6.54 Å². The maximum absolute atomic E-state index is 10.8. The van der Waals surface area contributed by atoms with E-state index in [9.17, 15) is 9.59 Å². The molecule has 1 aromatic rings. The smallest absolute Gasteiger partial charge is 0.367 e. The first-order chi connectivity index (χ1) is 5.15. The molecule has 0 unspecified atom stereocenters. The fraction of sp³-hybridized carbons (Fsp3) is 0.400. The Hall–Kier alpha value is -1.17. The zero-order valence-electron chi connectivity index (χ0n) is 5.77. The Kier molecular flexibility index (Phi) is 2.04. The first kappa shape index (κ1) is 7.93. The first-order valence-corrected chi connectivity index (χ1v) is 3.78. The van der Waals surface area contributed by atoms with E-state index in [0.29, 0.717) is 17.9 Å². The van der Waals surface area contributed by atoms with Crippen molar-refractivity contribution in [2.24, 2.45) is 0 Å². The van der Waals surface area contributed by atoms with Crippen LogP contribution in [0.1, 0.15) is 16.7 Å². The van der Waals surface area contributed by atoms with Gasteiger partial charge >= 0.3 is 10.8 Å². The van der Waals surface area contributed by atoms with Gasteiger partial charge in [-0.1, -0.05) is 0 Å². The molecule has 0 aliphatic heterocycles. The maximum atomic E-state index is 10.8. The van der Waals surface area contributed by atoms with Gasteiger partial charge in [-0.15, -0.1) is 0 Å². The van der Waals surface area contributed by atoms with Crippen LogP contribution in [-0.4, -0.2) is 20.9 Å². The Bertz CT molecular complexity index is 327. The van der Waals surface area contributed by atoms with Crippen molar-refractivity contribution in [2.45, 2.75) is 13.5 Å². The van der Waals surface area contributed by atoms with E-state index in [1.807, 2.05) is 0 Å². The number of aromatic carboxylic acids is 1. The van der Waals surface area contributed by atoms with Gasteiger partial charge in [0.15, 0.2) is 0 Å². The van der Waals surface area contributed by atoms with Gasteiger partial charge in [0.2, 0.25) is 5.01 Å². The van der Waals surface area contributed by atoms with Gasteiger partial charge in [0.1, 0.15) is 0 Å². The number of carboxylic acids is 1. The van der Waals surface area contributed by atoms with Crippen molar-refractivity contribution < 1.29 is 9.90 Å². The zero-order chi connectivity index (χ0) is 8.43. The van der Waals surface area contributed by atoms with Gasteiger partial charge in [-0.25, -0.2) is 9.48 Å². The minimum absolute atomic E-state index is 0.156. The van der Waals surface area contributed by atoms with Crippen LogP contribution >= 0.6 is 11.3 Å². The van der Waals surface area contributed by atoms with Gasteiger partial charge in [-0.2, -0.15) is 5.10 Å². The lowest BCUT2D eigenvalue weighted by atomic mass is 10.7. The number of carbonyl (C=O) groups is 1. The van der Waals surface area contributed by atoms with Crippen LogP contribution in [0.5, 0.6) is 0 Å². The van der Waals surface area contributed by atoms with Crippen LogP contribution in [0.25, 0.3) is 0 Å². The Morgan fingerprint density at radius 3 is 2.73 bits per heavy atom. The van der Waals surface area contributed by atoms with Crippen LogP contribution < -0.4 is 4.87 Å². The molecule has 0 aromatic carbocycles. The van der Waals surface area contributed by atoms with Crippen LogP contribution in [0.2, 0.25) is 0 Å². The van der Waals surface area contributed by atoms with E-state index in [2.05, 4.69) is 5.10 Å². The molecule has 0 fully saturated rings. The summed E-state index contributed by atoms with van der Waals surface area (Å²) in [5.74, 6) is -1.15. The molecule has 1 aromatic heterocycles. The predicted octanol–water partition coefficient (Wildman–Crippen LogP) is 0.0229. The maximum Gasteiger partial charge on any atom is 0.367 e. The molecule has 11 heavy (non-hydrogen) atoms. The van der Waals surface area contributed by atoms with Gasteiger partial charge in [0.05, 0.1) is 0 Å². The number of rotatable bonds is 2. The largest absolute Gasteiger partial charge is 0.476 e. The quantitative estimate of drug-likeness (QED) is 0.686. The van der Waals surface area contributed by atoms with Crippen molar-refractivity contribution in [3.05, 3.63) is 14.7 Å². The van der Waals surface area contributed by atoms with Crippen LogP contribution in [0.4, 0.5) is 0 Å². The zero-order valence-corrected chi connectivity index (χ0v) is 6.59. The number of hydrogen-bond donors (Lipinski definition) is 1. The molecule has 0 saturated carbocycles. The Morgan fingerprint density at radius 2 is 2.45 bits per heavy atom. The van der Waals surface area contributed by atoms with Crippen molar-refractivity contribution >= 4 is 17.3 Å². The normalized spacial score (nSPS) is 9.91. The second-order valence-electron chi connectivity index (χ2n) is 1.79. The van der Waals surface area contributed by atoms with E-state index in [1.54, 1.807) is 6.92 Å². The van der Waals surface area contributed by atoms with Crippen molar-refractivity contribution in [3.8, 4) is 0 Å². The van der Waals surface area contributed by atoms with E-state index >= 15 is 0 Å².